The molecule has 0 aliphatic rings. The second-order valence-corrected chi connectivity index (χ2v) is 3.35. The molecule has 1 aromatic carbocycles. The lowest BCUT2D eigenvalue weighted by Crippen LogP contribution is -2.10. The number of hydrogen-bond acceptors (Lipinski definition) is 2. The molecule has 4 nitrogen and oxygen atoms in total. The van der Waals surface area contributed by atoms with Gasteiger partial charge in [-0.05, 0) is 18.2 Å². The van der Waals surface area contributed by atoms with Gasteiger partial charge < -0.3 is 5.11 Å². The largest absolute Gasteiger partial charge is 0.463 e. The summed E-state index contributed by atoms with van der Waals surface area (Å²) in [6.07, 6.45) is 0.336. The van der Waals surface area contributed by atoms with Crippen molar-refractivity contribution in [1.82, 2.24) is 9.78 Å². The SMILES string of the molecule is O=C(O)n1nccc1-c1ccc(Cl)cc1. The van der Waals surface area contributed by atoms with Crippen molar-refractivity contribution in [1.29, 1.82) is 0 Å². The summed E-state index contributed by atoms with van der Waals surface area (Å²) in [4.78, 5) is 10.8. The van der Waals surface area contributed by atoms with E-state index in [9.17, 15) is 4.79 Å². The Bertz CT molecular complexity index is 490. The van der Waals surface area contributed by atoms with Crippen LogP contribution in [0.3, 0.4) is 0 Å². The van der Waals surface area contributed by atoms with Gasteiger partial charge in [-0.2, -0.15) is 9.78 Å². The van der Waals surface area contributed by atoms with E-state index in [4.69, 9.17) is 16.7 Å². The van der Waals surface area contributed by atoms with Crippen molar-refractivity contribution in [2.75, 3.05) is 0 Å². The summed E-state index contributed by atoms with van der Waals surface area (Å²) in [6.45, 7) is 0. The summed E-state index contributed by atoms with van der Waals surface area (Å²) in [5.74, 6) is 0. The van der Waals surface area contributed by atoms with Gasteiger partial charge in [-0.25, -0.2) is 4.79 Å². The molecule has 1 N–H and O–H groups in total. The third-order valence-electron chi connectivity index (χ3n) is 1.96. The van der Waals surface area contributed by atoms with Crippen molar-refractivity contribution in [2.24, 2.45) is 0 Å². The molecule has 76 valence electrons. The van der Waals surface area contributed by atoms with Crippen molar-refractivity contribution < 1.29 is 9.90 Å². The topological polar surface area (TPSA) is 55.1 Å². The number of carbonyl (C=O) groups is 1. The van der Waals surface area contributed by atoms with Crippen LogP contribution in [0.25, 0.3) is 11.3 Å². The van der Waals surface area contributed by atoms with Crippen molar-refractivity contribution >= 4 is 17.7 Å². The molecule has 0 saturated carbocycles. The number of aromatic nitrogens is 2. The summed E-state index contributed by atoms with van der Waals surface area (Å²) in [7, 11) is 0. The highest BCUT2D eigenvalue weighted by Gasteiger charge is 2.10. The Labute approximate surface area is 90.7 Å². The van der Waals surface area contributed by atoms with Crippen LogP contribution >= 0.6 is 11.6 Å². The molecule has 0 atom stereocenters. The fourth-order valence-electron chi connectivity index (χ4n) is 1.29. The van der Waals surface area contributed by atoms with E-state index in [0.29, 0.717) is 10.7 Å². The van der Waals surface area contributed by atoms with Crippen LogP contribution in [0.1, 0.15) is 0 Å². The Morgan fingerprint density at radius 2 is 1.93 bits per heavy atom. The second kappa shape index (κ2) is 3.74. The van der Waals surface area contributed by atoms with E-state index >= 15 is 0 Å². The third kappa shape index (κ3) is 1.85. The minimum absolute atomic E-state index is 0.527. The van der Waals surface area contributed by atoms with Gasteiger partial charge in [0.15, 0.2) is 0 Å². The minimum atomic E-state index is -1.11. The molecule has 0 unspecified atom stereocenters. The number of halogens is 1. The second-order valence-electron chi connectivity index (χ2n) is 2.92. The molecule has 0 bridgehead atoms. The highest BCUT2D eigenvalue weighted by atomic mass is 35.5. The highest BCUT2D eigenvalue weighted by Crippen LogP contribution is 2.20. The molecule has 0 saturated heterocycles. The molecule has 2 rings (SSSR count). The molecular weight excluding hydrogens is 216 g/mol. The fraction of sp³-hybridized carbons (Fsp3) is 0. The Morgan fingerprint density at radius 3 is 2.53 bits per heavy atom. The molecule has 0 aliphatic carbocycles. The van der Waals surface area contributed by atoms with E-state index < -0.39 is 6.09 Å². The minimum Gasteiger partial charge on any atom is -0.463 e. The first-order valence-corrected chi connectivity index (χ1v) is 4.59. The van der Waals surface area contributed by atoms with Gasteiger partial charge >= 0.3 is 6.09 Å². The van der Waals surface area contributed by atoms with Crippen LogP contribution < -0.4 is 0 Å². The smallest absolute Gasteiger partial charge is 0.432 e. The van der Waals surface area contributed by atoms with Gasteiger partial charge in [-0.15, -0.1) is 0 Å². The number of benzene rings is 1. The molecule has 5 heteroatoms. The lowest BCUT2D eigenvalue weighted by Gasteiger charge is -2.01. The van der Waals surface area contributed by atoms with Crippen LogP contribution in [0.5, 0.6) is 0 Å². The van der Waals surface area contributed by atoms with Gasteiger partial charge in [0, 0.05) is 10.6 Å². The van der Waals surface area contributed by atoms with E-state index in [0.717, 1.165) is 10.2 Å². The van der Waals surface area contributed by atoms with Crippen LogP contribution in [0.15, 0.2) is 36.5 Å². The van der Waals surface area contributed by atoms with Crippen LogP contribution in [0.4, 0.5) is 4.79 Å². The molecule has 15 heavy (non-hydrogen) atoms. The summed E-state index contributed by atoms with van der Waals surface area (Å²) in [6, 6.07) is 8.54. The number of hydrogen-bond donors (Lipinski definition) is 1. The Morgan fingerprint density at radius 1 is 1.27 bits per heavy atom. The quantitative estimate of drug-likeness (QED) is 0.807. The summed E-state index contributed by atoms with van der Waals surface area (Å²) in [5, 5.41) is 13.2. The maximum atomic E-state index is 10.8. The van der Waals surface area contributed by atoms with Crippen molar-refractivity contribution in [3.63, 3.8) is 0 Å². The fourth-order valence-corrected chi connectivity index (χ4v) is 1.42. The Balaban J connectivity index is 2.49. The average Bonchev–Trinajstić information content (AvgIpc) is 2.67. The molecule has 1 aromatic heterocycles. The first-order valence-electron chi connectivity index (χ1n) is 4.22. The maximum Gasteiger partial charge on any atom is 0.432 e. The lowest BCUT2D eigenvalue weighted by atomic mass is 10.1. The zero-order valence-electron chi connectivity index (χ0n) is 7.59. The highest BCUT2D eigenvalue weighted by molar-refractivity contribution is 6.30. The van der Waals surface area contributed by atoms with E-state index in [-0.39, 0.29) is 0 Å². The monoisotopic (exact) mass is 222 g/mol. The maximum absolute atomic E-state index is 10.8. The molecule has 2 aromatic rings. The van der Waals surface area contributed by atoms with Crippen LogP contribution in [-0.2, 0) is 0 Å². The predicted molar refractivity (Wildman–Crippen MR) is 56.1 cm³/mol. The number of rotatable bonds is 1. The molecule has 0 aliphatic heterocycles. The molecule has 1 heterocycles. The van der Waals surface area contributed by atoms with Gasteiger partial charge in [0.05, 0.1) is 11.9 Å². The lowest BCUT2D eigenvalue weighted by molar-refractivity contribution is 0.193. The first kappa shape index (κ1) is 9.73. The van der Waals surface area contributed by atoms with Gasteiger partial charge in [-0.1, -0.05) is 23.7 Å². The Hall–Kier alpha value is -1.81. The standard InChI is InChI=1S/C10H7ClN2O2/c11-8-3-1-7(2-4-8)9-5-6-12-13(9)10(14)15/h1-6H,(H,14,15). The number of nitrogens with zero attached hydrogens (tertiary/aromatic N) is 2. The molecule has 0 radical (unpaired) electrons. The normalized spacial score (nSPS) is 10.2. The third-order valence-corrected chi connectivity index (χ3v) is 2.22. The van der Waals surface area contributed by atoms with Gasteiger partial charge in [0.25, 0.3) is 0 Å². The van der Waals surface area contributed by atoms with Crippen LogP contribution in [0, 0.1) is 0 Å². The average molecular weight is 223 g/mol. The van der Waals surface area contributed by atoms with Gasteiger partial charge in [0.2, 0.25) is 0 Å². The number of carboxylic acid groups (broad SMARTS) is 1. The molecular formula is C10H7ClN2O2. The molecule has 0 amide bonds. The van der Waals surface area contributed by atoms with E-state index in [1.165, 1.54) is 6.20 Å². The van der Waals surface area contributed by atoms with Crippen LogP contribution in [-0.4, -0.2) is 21.0 Å². The first-order chi connectivity index (χ1) is 7.18. The summed E-state index contributed by atoms with van der Waals surface area (Å²) < 4.78 is 0.920. The Kier molecular flexibility index (Phi) is 2.43. The van der Waals surface area contributed by atoms with Gasteiger partial charge in [-0.3, -0.25) is 0 Å². The predicted octanol–water partition coefficient (Wildman–Crippen LogP) is 2.73. The van der Waals surface area contributed by atoms with Crippen molar-refractivity contribution in [3.05, 3.63) is 41.6 Å². The van der Waals surface area contributed by atoms with E-state index in [1.54, 1.807) is 30.3 Å². The van der Waals surface area contributed by atoms with E-state index in [1.807, 2.05) is 0 Å². The molecule has 0 spiro atoms. The zero-order valence-corrected chi connectivity index (χ0v) is 8.35. The molecule has 0 fully saturated rings. The van der Waals surface area contributed by atoms with Crippen molar-refractivity contribution in [3.8, 4) is 11.3 Å². The van der Waals surface area contributed by atoms with E-state index in [2.05, 4.69) is 5.10 Å². The summed E-state index contributed by atoms with van der Waals surface area (Å²) in [5.41, 5.74) is 1.29. The van der Waals surface area contributed by atoms with Gasteiger partial charge in [0.1, 0.15) is 0 Å². The van der Waals surface area contributed by atoms with Crippen LogP contribution in [0.2, 0.25) is 5.02 Å². The van der Waals surface area contributed by atoms with Crippen molar-refractivity contribution in [2.45, 2.75) is 0 Å². The summed E-state index contributed by atoms with van der Waals surface area (Å²) >= 11 is 5.74. The zero-order chi connectivity index (χ0) is 10.8.